The fourth-order valence-electron chi connectivity index (χ4n) is 2.94. The second-order valence-electron chi connectivity index (χ2n) is 7.05. The Labute approximate surface area is 214 Å². The monoisotopic (exact) mass is 531 g/mol. The third kappa shape index (κ3) is 6.64. The van der Waals surface area contributed by atoms with Crippen molar-refractivity contribution >= 4 is 74.0 Å². The predicted molar refractivity (Wildman–Crippen MR) is 140 cm³/mol. The number of nitrogens with one attached hydrogen (secondary N) is 2. The van der Waals surface area contributed by atoms with Crippen LogP contribution in [0.25, 0.3) is 10.2 Å². The van der Waals surface area contributed by atoms with Crippen LogP contribution >= 0.6 is 46.3 Å². The van der Waals surface area contributed by atoms with Crippen molar-refractivity contribution in [2.45, 2.75) is 4.34 Å². The second-order valence-corrected chi connectivity index (χ2v) is 10.1. The molecule has 0 atom stereocenters. The molecular weight excluding hydrogens is 513 g/mol. The first-order chi connectivity index (χ1) is 16.5. The highest BCUT2D eigenvalue weighted by Gasteiger charge is 2.11. The Balaban J connectivity index is 1.27. The van der Waals surface area contributed by atoms with Crippen LogP contribution in [-0.2, 0) is 4.79 Å². The zero-order valence-corrected chi connectivity index (χ0v) is 20.9. The van der Waals surface area contributed by atoms with Gasteiger partial charge < -0.3 is 15.4 Å². The maximum Gasteiger partial charge on any atom is 0.255 e. The van der Waals surface area contributed by atoms with Gasteiger partial charge in [0.2, 0.25) is 5.91 Å². The number of hydrogen-bond acceptors (Lipinski definition) is 6. The number of thioether (sulfide) groups is 1. The molecule has 174 valence electrons. The van der Waals surface area contributed by atoms with Crippen LogP contribution in [0.2, 0.25) is 10.0 Å². The van der Waals surface area contributed by atoms with E-state index in [1.165, 1.54) is 29.2 Å². The van der Waals surface area contributed by atoms with Gasteiger partial charge in [0.25, 0.3) is 5.91 Å². The molecular formula is C24H19Cl2N3O3S2. The van der Waals surface area contributed by atoms with Gasteiger partial charge >= 0.3 is 0 Å². The molecule has 0 aliphatic carbocycles. The van der Waals surface area contributed by atoms with E-state index in [0.717, 1.165) is 20.3 Å². The maximum absolute atomic E-state index is 12.5. The average Bonchev–Trinajstić information content (AvgIpc) is 3.25. The number of anilines is 1. The van der Waals surface area contributed by atoms with E-state index in [0.29, 0.717) is 34.4 Å². The summed E-state index contributed by atoms with van der Waals surface area (Å²) >= 11 is 14.7. The van der Waals surface area contributed by atoms with Gasteiger partial charge in [-0.3, -0.25) is 9.59 Å². The minimum atomic E-state index is -0.287. The lowest BCUT2D eigenvalue weighted by atomic mass is 10.2. The standard InChI is InChI=1S/C24H19Cl2N3O3S2/c25-18-8-6-15(12-19(18)26)23(31)28-16-7-9-20-21(13-16)34-24(29-20)33-14-22(30)27-10-11-32-17-4-2-1-3-5-17/h1-9,12-13H,10-11,14H2,(H,27,30)(H,28,31). The molecule has 6 nitrogen and oxygen atoms in total. The molecule has 4 rings (SSSR count). The number of carbonyl (C=O) groups excluding carboxylic acids is 2. The molecule has 4 aromatic rings. The molecule has 1 aromatic heterocycles. The van der Waals surface area contributed by atoms with E-state index in [4.69, 9.17) is 27.9 Å². The quantitative estimate of drug-likeness (QED) is 0.200. The third-order valence-corrected chi connectivity index (χ3v) is 7.47. The molecule has 0 fully saturated rings. The summed E-state index contributed by atoms with van der Waals surface area (Å²) in [6.07, 6.45) is 0. The van der Waals surface area contributed by atoms with Gasteiger partial charge in [0.15, 0.2) is 4.34 Å². The molecule has 3 aromatic carbocycles. The fourth-order valence-corrected chi connectivity index (χ4v) is 5.17. The van der Waals surface area contributed by atoms with Gasteiger partial charge in [-0.1, -0.05) is 53.2 Å². The summed E-state index contributed by atoms with van der Waals surface area (Å²) in [7, 11) is 0. The molecule has 0 bridgehead atoms. The maximum atomic E-state index is 12.5. The second kappa shape index (κ2) is 11.6. The SMILES string of the molecule is O=C(CSc1nc2ccc(NC(=O)c3ccc(Cl)c(Cl)c3)cc2s1)NCCOc1ccccc1. The normalized spacial score (nSPS) is 10.8. The molecule has 1 heterocycles. The predicted octanol–water partition coefficient (Wildman–Crippen LogP) is 6.14. The topological polar surface area (TPSA) is 80.3 Å². The van der Waals surface area contributed by atoms with E-state index in [9.17, 15) is 9.59 Å². The summed E-state index contributed by atoms with van der Waals surface area (Å²) in [5, 5.41) is 6.40. The molecule has 0 spiro atoms. The number of halogens is 2. The van der Waals surface area contributed by atoms with Crippen LogP contribution in [0.4, 0.5) is 5.69 Å². The highest BCUT2D eigenvalue weighted by atomic mass is 35.5. The number of nitrogens with zero attached hydrogens (tertiary/aromatic N) is 1. The molecule has 0 unspecified atom stereocenters. The Morgan fingerprint density at radius 2 is 1.82 bits per heavy atom. The summed E-state index contributed by atoms with van der Waals surface area (Å²) in [5.74, 6) is 0.653. The zero-order valence-electron chi connectivity index (χ0n) is 17.7. The number of rotatable bonds is 9. The van der Waals surface area contributed by atoms with Crippen molar-refractivity contribution in [3.05, 3.63) is 82.3 Å². The van der Waals surface area contributed by atoms with Crippen LogP contribution < -0.4 is 15.4 Å². The molecule has 2 N–H and O–H groups in total. The van der Waals surface area contributed by atoms with Crippen LogP contribution in [-0.4, -0.2) is 35.7 Å². The number of ether oxygens (including phenoxy) is 1. The Kier molecular flexibility index (Phi) is 8.29. The van der Waals surface area contributed by atoms with E-state index < -0.39 is 0 Å². The van der Waals surface area contributed by atoms with Gasteiger partial charge in [-0.2, -0.15) is 0 Å². The Morgan fingerprint density at radius 3 is 2.62 bits per heavy atom. The lowest BCUT2D eigenvalue weighted by Gasteiger charge is -2.07. The number of amides is 2. The van der Waals surface area contributed by atoms with Crippen LogP contribution in [0, 0.1) is 0 Å². The fraction of sp³-hybridized carbons (Fsp3) is 0.125. The Bertz CT molecular complexity index is 1320. The number of aromatic nitrogens is 1. The summed E-state index contributed by atoms with van der Waals surface area (Å²) in [6, 6.07) is 19.7. The van der Waals surface area contributed by atoms with Crippen molar-refractivity contribution in [2.24, 2.45) is 0 Å². The first kappa shape index (κ1) is 24.3. The Hall–Kier alpha value is -2.78. The van der Waals surface area contributed by atoms with Crippen molar-refractivity contribution in [2.75, 3.05) is 24.2 Å². The molecule has 34 heavy (non-hydrogen) atoms. The summed E-state index contributed by atoms with van der Waals surface area (Å²) in [4.78, 5) is 29.2. The highest BCUT2D eigenvalue weighted by molar-refractivity contribution is 8.01. The van der Waals surface area contributed by atoms with Gasteiger partial charge in [0.05, 0.1) is 32.6 Å². The summed E-state index contributed by atoms with van der Waals surface area (Å²) < 4.78 is 7.25. The van der Waals surface area contributed by atoms with E-state index >= 15 is 0 Å². The van der Waals surface area contributed by atoms with Crippen LogP contribution in [0.5, 0.6) is 5.75 Å². The van der Waals surface area contributed by atoms with Crippen molar-refractivity contribution in [1.29, 1.82) is 0 Å². The smallest absolute Gasteiger partial charge is 0.255 e. The number of fused-ring (bicyclic) bond motifs is 1. The number of carbonyl (C=O) groups is 2. The number of para-hydroxylation sites is 1. The van der Waals surface area contributed by atoms with Gasteiger partial charge in [0.1, 0.15) is 12.4 Å². The third-order valence-electron chi connectivity index (χ3n) is 4.57. The van der Waals surface area contributed by atoms with Crippen molar-refractivity contribution in [1.82, 2.24) is 10.3 Å². The molecule has 0 aliphatic heterocycles. The molecule has 2 amide bonds. The van der Waals surface area contributed by atoms with Crippen LogP contribution in [0.3, 0.4) is 0 Å². The van der Waals surface area contributed by atoms with Crippen molar-refractivity contribution in [3.8, 4) is 5.75 Å². The van der Waals surface area contributed by atoms with E-state index in [1.807, 2.05) is 42.5 Å². The minimum Gasteiger partial charge on any atom is -0.492 e. The van der Waals surface area contributed by atoms with Gasteiger partial charge in [-0.15, -0.1) is 11.3 Å². The summed E-state index contributed by atoms with van der Waals surface area (Å²) in [6.45, 7) is 0.828. The lowest BCUT2D eigenvalue weighted by Crippen LogP contribution is -2.29. The first-order valence-corrected chi connectivity index (χ1v) is 12.8. The van der Waals surface area contributed by atoms with Gasteiger partial charge in [-0.25, -0.2) is 4.98 Å². The molecule has 0 aliphatic rings. The van der Waals surface area contributed by atoms with Crippen molar-refractivity contribution < 1.29 is 14.3 Å². The first-order valence-electron chi connectivity index (χ1n) is 10.2. The Morgan fingerprint density at radius 1 is 1.00 bits per heavy atom. The van der Waals surface area contributed by atoms with Crippen molar-refractivity contribution in [3.63, 3.8) is 0 Å². The van der Waals surface area contributed by atoms with E-state index in [-0.39, 0.29) is 17.6 Å². The highest BCUT2D eigenvalue weighted by Crippen LogP contribution is 2.31. The average molecular weight is 532 g/mol. The minimum absolute atomic E-state index is 0.0875. The van der Waals surface area contributed by atoms with Gasteiger partial charge in [-0.05, 0) is 48.5 Å². The molecule has 0 saturated carbocycles. The lowest BCUT2D eigenvalue weighted by molar-refractivity contribution is -0.118. The van der Waals surface area contributed by atoms with Crippen LogP contribution in [0.1, 0.15) is 10.4 Å². The molecule has 0 saturated heterocycles. The molecule has 0 radical (unpaired) electrons. The number of thiazole rings is 1. The largest absolute Gasteiger partial charge is 0.492 e. The number of hydrogen-bond donors (Lipinski definition) is 2. The number of benzene rings is 3. The van der Waals surface area contributed by atoms with E-state index in [2.05, 4.69) is 15.6 Å². The van der Waals surface area contributed by atoms with Crippen LogP contribution in [0.15, 0.2) is 71.1 Å². The molecule has 10 heteroatoms. The summed E-state index contributed by atoms with van der Waals surface area (Å²) in [5.41, 5.74) is 1.85. The van der Waals surface area contributed by atoms with Gasteiger partial charge in [0, 0.05) is 11.3 Å². The zero-order chi connectivity index (χ0) is 23.9. The van der Waals surface area contributed by atoms with E-state index in [1.54, 1.807) is 18.2 Å².